The summed E-state index contributed by atoms with van der Waals surface area (Å²) in [5.74, 6) is 0.372. The third kappa shape index (κ3) is 3.99. The second-order valence-electron chi connectivity index (χ2n) is 5.95. The zero-order valence-corrected chi connectivity index (χ0v) is 14.1. The Labute approximate surface area is 140 Å². The lowest BCUT2D eigenvalue weighted by molar-refractivity contribution is 0.210. The molecule has 1 aromatic heterocycles. The van der Waals surface area contributed by atoms with Crippen LogP contribution >= 0.6 is 11.8 Å². The van der Waals surface area contributed by atoms with E-state index in [-0.39, 0.29) is 18.1 Å². The predicted octanol–water partition coefficient (Wildman–Crippen LogP) is 3.28. The molecular weight excluding hydrogens is 306 g/mol. The number of pyridine rings is 1. The van der Waals surface area contributed by atoms with Crippen molar-refractivity contribution in [1.29, 1.82) is 0 Å². The van der Waals surface area contributed by atoms with Crippen LogP contribution in [-0.4, -0.2) is 34.5 Å². The number of allylic oxidation sites excluding steroid dienone is 1. The summed E-state index contributed by atoms with van der Waals surface area (Å²) in [7, 11) is 0. The molecule has 0 saturated carbocycles. The van der Waals surface area contributed by atoms with Gasteiger partial charge in [-0.25, -0.2) is 0 Å². The van der Waals surface area contributed by atoms with E-state index in [0.29, 0.717) is 5.92 Å². The van der Waals surface area contributed by atoms with Crippen LogP contribution in [0.4, 0.5) is 0 Å². The minimum absolute atomic E-state index is 0.0251. The van der Waals surface area contributed by atoms with Crippen molar-refractivity contribution in [3.8, 4) is 0 Å². The number of hydrogen-bond acceptors (Lipinski definition) is 5. The van der Waals surface area contributed by atoms with Gasteiger partial charge in [-0.15, -0.1) is 0 Å². The van der Waals surface area contributed by atoms with E-state index in [9.17, 15) is 5.11 Å². The van der Waals surface area contributed by atoms with E-state index in [1.807, 2.05) is 24.5 Å². The average Bonchev–Trinajstić information content (AvgIpc) is 2.99. The Balaban J connectivity index is 1.70. The van der Waals surface area contributed by atoms with Gasteiger partial charge in [-0.1, -0.05) is 37.7 Å². The molecule has 0 radical (unpaired) electrons. The molecule has 2 atom stereocenters. The molecule has 2 N–H and O–H groups in total. The van der Waals surface area contributed by atoms with Gasteiger partial charge < -0.3 is 5.11 Å². The van der Waals surface area contributed by atoms with Crippen molar-refractivity contribution < 1.29 is 5.11 Å². The number of aliphatic hydroxyl groups excluding tert-OH is 1. The quantitative estimate of drug-likeness (QED) is 0.885. The number of nitrogens with one attached hydrogen (secondary N) is 1. The molecule has 23 heavy (non-hydrogen) atoms. The van der Waals surface area contributed by atoms with Crippen molar-refractivity contribution in [2.45, 2.75) is 25.4 Å². The highest BCUT2D eigenvalue weighted by atomic mass is 32.2. The lowest BCUT2D eigenvalue weighted by atomic mass is 10.1. The minimum Gasteiger partial charge on any atom is -0.395 e. The number of aliphatic imine (C=N–C) groups is 1. The monoisotopic (exact) mass is 327 g/mol. The maximum Gasteiger partial charge on any atom is 0.151 e. The molecule has 0 saturated heterocycles. The Morgan fingerprint density at radius 1 is 1.35 bits per heavy atom. The summed E-state index contributed by atoms with van der Waals surface area (Å²) in [6.45, 7) is 4.31. The Bertz CT molecular complexity index is 742. The normalized spacial score (nSPS) is 20.7. The number of thioether (sulfide) groups is 1. The summed E-state index contributed by atoms with van der Waals surface area (Å²) >= 11 is 1.67. The highest BCUT2D eigenvalue weighted by molar-refractivity contribution is 8.04. The van der Waals surface area contributed by atoms with Gasteiger partial charge in [-0.3, -0.25) is 15.3 Å². The Hall–Kier alpha value is -1.69. The average molecular weight is 327 g/mol. The van der Waals surface area contributed by atoms with E-state index in [2.05, 4.69) is 53.4 Å². The first-order valence-corrected chi connectivity index (χ1v) is 8.67. The number of aliphatic hydroxyl groups is 1. The molecule has 2 heterocycles. The lowest BCUT2D eigenvalue weighted by Crippen LogP contribution is -2.40. The van der Waals surface area contributed by atoms with E-state index in [4.69, 9.17) is 0 Å². The first-order chi connectivity index (χ1) is 11.2. The molecule has 1 aliphatic heterocycles. The molecule has 0 aliphatic carbocycles. The van der Waals surface area contributed by atoms with Crippen molar-refractivity contribution in [1.82, 2.24) is 10.3 Å². The van der Waals surface area contributed by atoms with Crippen LogP contribution in [0.25, 0.3) is 17.0 Å². The van der Waals surface area contributed by atoms with Gasteiger partial charge in [0.1, 0.15) is 0 Å². The number of benzene rings is 1. The summed E-state index contributed by atoms with van der Waals surface area (Å²) in [5.41, 5.74) is 2.12. The van der Waals surface area contributed by atoms with E-state index < -0.39 is 0 Å². The molecule has 0 spiro atoms. The fourth-order valence-electron chi connectivity index (χ4n) is 2.47. The number of hydrogen-bond donors (Lipinski definition) is 2. The zero-order chi connectivity index (χ0) is 16.2. The van der Waals surface area contributed by atoms with Crippen molar-refractivity contribution >= 4 is 35.0 Å². The van der Waals surface area contributed by atoms with E-state index in [1.165, 1.54) is 0 Å². The molecule has 3 rings (SSSR count). The van der Waals surface area contributed by atoms with Crippen molar-refractivity contribution in [2.75, 3.05) is 6.61 Å². The molecule has 1 aliphatic rings. The topological polar surface area (TPSA) is 57.5 Å². The maximum atomic E-state index is 9.41. The van der Waals surface area contributed by atoms with Gasteiger partial charge in [0.2, 0.25) is 0 Å². The summed E-state index contributed by atoms with van der Waals surface area (Å²) in [6.07, 6.45) is 5.83. The van der Waals surface area contributed by atoms with Crippen molar-refractivity contribution in [2.24, 2.45) is 10.9 Å². The summed E-state index contributed by atoms with van der Waals surface area (Å²) in [4.78, 5) is 9.94. The van der Waals surface area contributed by atoms with Crippen LogP contribution in [0.2, 0.25) is 0 Å². The highest BCUT2D eigenvalue weighted by Crippen LogP contribution is 2.29. The second-order valence-corrected chi connectivity index (χ2v) is 7.10. The Kier molecular flexibility index (Phi) is 5.10. The van der Waals surface area contributed by atoms with Gasteiger partial charge in [0, 0.05) is 28.7 Å². The van der Waals surface area contributed by atoms with Gasteiger partial charge in [0.05, 0.1) is 12.1 Å². The zero-order valence-electron chi connectivity index (χ0n) is 13.3. The highest BCUT2D eigenvalue weighted by Gasteiger charge is 2.21. The number of fused-ring (bicyclic) bond motifs is 1. The molecule has 1 aromatic carbocycles. The number of rotatable bonds is 5. The van der Waals surface area contributed by atoms with Gasteiger partial charge in [-0.05, 0) is 35.8 Å². The molecule has 4 nitrogen and oxygen atoms in total. The first-order valence-electron chi connectivity index (χ1n) is 7.79. The number of nitrogens with zero attached hydrogens (tertiary/aromatic N) is 2. The van der Waals surface area contributed by atoms with Gasteiger partial charge >= 0.3 is 0 Å². The van der Waals surface area contributed by atoms with E-state index in [1.54, 1.807) is 11.8 Å². The van der Waals surface area contributed by atoms with Crippen LogP contribution < -0.4 is 5.32 Å². The van der Waals surface area contributed by atoms with Crippen LogP contribution in [0, 0.1) is 5.92 Å². The van der Waals surface area contributed by atoms with Crippen molar-refractivity contribution in [3.05, 3.63) is 47.0 Å². The van der Waals surface area contributed by atoms with Crippen LogP contribution in [0.15, 0.2) is 46.4 Å². The third-order valence-electron chi connectivity index (χ3n) is 3.88. The molecule has 2 aromatic rings. The van der Waals surface area contributed by atoms with Crippen LogP contribution in [0.3, 0.4) is 0 Å². The van der Waals surface area contributed by atoms with Crippen LogP contribution in [0.5, 0.6) is 0 Å². The summed E-state index contributed by atoms with van der Waals surface area (Å²) in [6, 6.07) is 10.3. The van der Waals surface area contributed by atoms with Crippen LogP contribution in [0.1, 0.15) is 19.4 Å². The molecular formula is C18H21N3OS. The van der Waals surface area contributed by atoms with E-state index >= 15 is 0 Å². The summed E-state index contributed by atoms with van der Waals surface area (Å²) in [5, 5.41) is 13.9. The molecule has 0 fully saturated rings. The second kappa shape index (κ2) is 7.25. The first kappa shape index (κ1) is 16.2. The SMILES string of the molecule is CC(C)[C@H](CO)NC1N=C/C(=C/c2ccc3ncccc3c2)S1. The summed E-state index contributed by atoms with van der Waals surface area (Å²) < 4.78 is 0. The Morgan fingerprint density at radius 2 is 2.22 bits per heavy atom. The number of aromatic nitrogens is 1. The molecule has 120 valence electrons. The largest absolute Gasteiger partial charge is 0.395 e. The fraction of sp³-hybridized carbons (Fsp3) is 0.333. The van der Waals surface area contributed by atoms with Crippen molar-refractivity contribution in [3.63, 3.8) is 0 Å². The third-order valence-corrected chi connectivity index (χ3v) is 4.86. The maximum absolute atomic E-state index is 9.41. The molecule has 0 bridgehead atoms. The molecule has 0 amide bonds. The predicted molar refractivity (Wildman–Crippen MR) is 98.4 cm³/mol. The minimum atomic E-state index is -0.0251. The van der Waals surface area contributed by atoms with E-state index in [0.717, 1.165) is 21.4 Å². The van der Waals surface area contributed by atoms with Crippen LogP contribution in [-0.2, 0) is 0 Å². The fourth-order valence-corrected chi connectivity index (χ4v) is 3.41. The Morgan fingerprint density at radius 3 is 3.00 bits per heavy atom. The molecule has 5 heteroatoms. The smallest absolute Gasteiger partial charge is 0.151 e. The van der Waals surface area contributed by atoms with Gasteiger partial charge in [-0.2, -0.15) is 0 Å². The van der Waals surface area contributed by atoms with Gasteiger partial charge in [0.25, 0.3) is 0 Å². The van der Waals surface area contributed by atoms with Gasteiger partial charge in [0.15, 0.2) is 5.50 Å². The molecule has 1 unspecified atom stereocenters. The lowest BCUT2D eigenvalue weighted by Gasteiger charge is -2.22. The standard InChI is InChI=1S/C18H21N3OS/c1-12(2)17(11-22)21-18-20-10-15(23-18)9-13-5-6-16-14(8-13)4-3-7-19-16/h3-10,12,17-18,21-22H,11H2,1-2H3/b15-9-/t17-,18?/m0/s1.